The van der Waals surface area contributed by atoms with Gasteiger partial charge >= 0.3 is 0 Å². The summed E-state index contributed by atoms with van der Waals surface area (Å²) in [7, 11) is 0. The summed E-state index contributed by atoms with van der Waals surface area (Å²) in [4.78, 5) is 12.4. The lowest BCUT2D eigenvalue weighted by Crippen LogP contribution is -2.14. The summed E-state index contributed by atoms with van der Waals surface area (Å²) in [5, 5.41) is 21.5. The van der Waals surface area contributed by atoms with Crippen molar-refractivity contribution >= 4 is 23.4 Å². The Morgan fingerprint density at radius 3 is 2.37 bits per heavy atom. The molecule has 1 amide bonds. The highest BCUT2D eigenvalue weighted by Crippen LogP contribution is 2.28. The number of aromatic nitrogens is 3. The van der Waals surface area contributed by atoms with E-state index in [1.165, 1.54) is 23.9 Å². The fraction of sp³-hybridized carbons (Fsp3) is 0.0870. The van der Waals surface area contributed by atoms with Crippen LogP contribution in [0.25, 0.3) is 17.1 Å². The number of hydrogen-bond acceptors (Lipinski definition) is 5. The van der Waals surface area contributed by atoms with E-state index in [0.29, 0.717) is 10.8 Å². The summed E-state index contributed by atoms with van der Waals surface area (Å²) in [5.41, 5.74) is 3.68. The first-order chi connectivity index (χ1) is 14.6. The Morgan fingerprint density at radius 2 is 1.67 bits per heavy atom. The van der Waals surface area contributed by atoms with E-state index in [4.69, 9.17) is 0 Å². The molecule has 0 aliphatic rings. The smallest absolute Gasteiger partial charge is 0.234 e. The zero-order valence-electron chi connectivity index (χ0n) is 16.3. The molecule has 150 valence electrons. The van der Waals surface area contributed by atoms with Gasteiger partial charge in [-0.15, -0.1) is 10.2 Å². The van der Waals surface area contributed by atoms with Gasteiger partial charge < -0.3 is 10.4 Å². The van der Waals surface area contributed by atoms with Crippen molar-refractivity contribution in [2.24, 2.45) is 0 Å². The number of phenolic OH excluding ortho intramolecular Hbond substituents is 1. The second-order valence-corrected chi connectivity index (χ2v) is 7.67. The molecule has 0 atom stereocenters. The van der Waals surface area contributed by atoms with Gasteiger partial charge in [-0.3, -0.25) is 9.36 Å². The van der Waals surface area contributed by atoms with E-state index in [1.807, 2.05) is 66.1 Å². The summed E-state index contributed by atoms with van der Waals surface area (Å²) in [5.74, 6) is 0.896. The molecule has 0 aliphatic heterocycles. The van der Waals surface area contributed by atoms with Crippen LogP contribution in [0.4, 0.5) is 5.69 Å². The van der Waals surface area contributed by atoms with Gasteiger partial charge in [-0.1, -0.05) is 59.8 Å². The molecule has 4 aromatic rings. The Morgan fingerprint density at radius 1 is 0.967 bits per heavy atom. The lowest BCUT2D eigenvalue weighted by atomic mass is 10.2. The van der Waals surface area contributed by atoms with Crippen LogP contribution in [0.15, 0.2) is 84.0 Å². The highest BCUT2D eigenvalue weighted by atomic mass is 32.2. The van der Waals surface area contributed by atoms with Crippen molar-refractivity contribution in [1.82, 2.24) is 14.8 Å². The van der Waals surface area contributed by atoms with Gasteiger partial charge in [0.05, 0.1) is 5.75 Å². The van der Waals surface area contributed by atoms with Gasteiger partial charge in [0.1, 0.15) is 5.75 Å². The van der Waals surface area contributed by atoms with Gasteiger partial charge in [-0.25, -0.2) is 0 Å². The molecule has 4 rings (SSSR count). The Labute approximate surface area is 178 Å². The molecule has 0 fully saturated rings. The first-order valence-electron chi connectivity index (χ1n) is 9.40. The number of nitrogens with zero attached hydrogens (tertiary/aromatic N) is 3. The Kier molecular flexibility index (Phi) is 5.81. The average Bonchev–Trinajstić information content (AvgIpc) is 3.19. The lowest BCUT2D eigenvalue weighted by Gasteiger charge is -2.11. The number of aromatic hydroxyl groups is 1. The molecule has 7 heteroatoms. The molecule has 1 aromatic heterocycles. The van der Waals surface area contributed by atoms with Crippen molar-refractivity contribution in [2.45, 2.75) is 12.1 Å². The zero-order valence-corrected chi connectivity index (χ0v) is 17.1. The second-order valence-electron chi connectivity index (χ2n) is 6.73. The fourth-order valence-electron chi connectivity index (χ4n) is 2.94. The second kappa shape index (κ2) is 8.84. The van der Waals surface area contributed by atoms with E-state index in [0.717, 1.165) is 22.6 Å². The molecular weight excluding hydrogens is 396 g/mol. The minimum Gasteiger partial charge on any atom is -0.508 e. The number of rotatable bonds is 6. The quantitative estimate of drug-likeness (QED) is 0.352. The number of hydrogen-bond donors (Lipinski definition) is 2. The van der Waals surface area contributed by atoms with Crippen LogP contribution in [-0.2, 0) is 4.79 Å². The largest absolute Gasteiger partial charge is 0.508 e. The maximum absolute atomic E-state index is 12.4. The lowest BCUT2D eigenvalue weighted by molar-refractivity contribution is -0.113. The molecule has 0 unspecified atom stereocenters. The summed E-state index contributed by atoms with van der Waals surface area (Å²) < 4.78 is 1.97. The molecule has 1 heterocycles. The average molecular weight is 417 g/mol. The molecule has 0 aliphatic carbocycles. The summed E-state index contributed by atoms with van der Waals surface area (Å²) in [6.45, 7) is 2.04. The number of carbonyl (C=O) groups is 1. The molecule has 0 spiro atoms. The van der Waals surface area contributed by atoms with E-state index in [9.17, 15) is 9.90 Å². The maximum atomic E-state index is 12.4. The third-order valence-corrected chi connectivity index (χ3v) is 5.37. The van der Waals surface area contributed by atoms with Crippen LogP contribution in [-0.4, -0.2) is 31.5 Å². The van der Waals surface area contributed by atoms with Crippen molar-refractivity contribution < 1.29 is 9.90 Å². The maximum Gasteiger partial charge on any atom is 0.234 e. The predicted octanol–water partition coefficient (Wildman–Crippen LogP) is 4.68. The van der Waals surface area contributed by atoms with Crippen LogP contribution in [0, 0.1) is 6.92 Å². The standard InChI is InChI=1S/C23H20N4O2S/c1-16-7-11-19(12-8-16)27-22(17-5-3-2-4-6-17)25-26-23(27)30-15-21(29)24-18-9-13-20(28)14-10-18/h2-14,28H,15H2,1H3,(H,24,29). The Balaban J connectivity index is 1.58. The number of nitrogens with one attached hydrogen (secondary N) is 1. The summed E-state index contributed by atoms with van der Waals surface area (Å²) >= 11 is 1.32. The van der Waals surface area contributed by atoms with Crippen LogP contribution in [0.1, 0.15) is 5.56 Å². The van der Waals surface area contributed by atoms with Gasteiger partial charge in [0, 0.05) is 16.9 Å². The van der Waals surface area contributed by atoms with Gasteiger partial charge in [0.2, 0.25) is 5.91 Å². The molecular formula is C23H20N4O2S. The van der Waals surface area contributed by atoms with Crippen LogP contribution < -0.4 is 5.32 Å². The van der Waals surface area contributed by atoms with E-state index in [2.05, 4.69) is 15.5 Å². The number of amides is 1. The van der Waals surface area contributed by atoms with Crippen LogP contribution in [0.3, 0.4) is 0 Å². The number of carbonyl (C=O) groups excluding carboxylic acids is 1. The van der Waals surface area contributed by atoms with Crippen molar-refractivity contribution in [3.05, 3.63) is 84.4 Å². The van der Waals surface area contributed by atoms with Crippen molar-refractivity contribution in [3.63, 3.8) is 0 Å². The van der Waals surface area contributed by atoms with E-state index < -0.39 is 0 Å². The van der Waals surface area contributed by atoms with Crippen LogP contribution >= 0.6 is 11.8 Å². The molecule has 0 saturated carbocycles. The molecule has 6 nitrogen and oxygen atoms in total. The van der Waals surface area contributed by atoms with Gasteiger partial charge in [0.25, 0.3) is 0 Å². The number of benzene rings is 3. The molecule has 0 saturated heterocycles. The van der Waals surface area contributed by atoms with Gasteiger partial charge in [0.15, 0.2) is 11.0 Å². The highest BCUT2D eigenvalue weighted by molar-refractivity contribution is 7.99. The zero-order chi connectivity index (χ0) is 20.9. The topological polar surface area (TPSA) is 80.0 Å². The highest BCUT2D eigenvalue weighted by Gasteiger charge is 2.17. The molecule has 0 bridgehead atoms. The number of anilines is 1. The van der Waals surface area contributed by atoms with E-state index >= 15 is 0 Å². The first kappa shape index (κ1) is 19.7. The van der Waals surface area contributed by atoms with Gasteiger partial charge in [-0.2, -0.15) is 0 Å². The van der Waals surface area contributed by atoms with Gasteiger partial charge in [-0.05, 0) is 43.3 Å². The molecule has 30 heavy (non-hydrogen) atoms. The molecule has 3 aromatic carbocycles. The predicted molar refractivity (Wildman–Crippen MR) is 119 cm³/mol. The fourth-order valence-corrected chi connectivity index (χ4v) is 3.69. The Hall–Kier alpha value is -3.58. The van der Waals surface area contributed by atoms with Crippen LogP contribution in [0.2, 0.25) is 0 Å². The van der Waals surface area contributed by atoms with Crippen molar-refractivity contribution in [1.29, 1.82) is 0 Å². The van der Waals surface area contributed by atoms with Crippen molar-refractivity contribution in [2.75, 3.05) is 11.1 Å². The number of aryl methyl sites for hydroxylation is 1. The summed E-state index contributed by atoms with van der Waals surface area (Å²) in [6.07, 6.45) is 0. The number of thioether (sulfide) groups is 1. The van der Waals surface area contributed by atoms with E-state index in [-0.39, 0.29) is 17.4 Å². The SMILES string of the molecule is Cc1ccc(-n2c(SCC(=O)Nc3ccc(O)cc3)nnc2-c2ccccc2)cc1. The number of phenols is 1. The normalized spacial score (nSPS) is 10.7. The molecule has 0 radical (unpaired) electrons. The van der Waals surface area contributed by atoms with E-state index in [1.54, 1.807) is 12.1 Å². The first-order valence-corrected chi connectivity index (χ1v) is 10.4. The van der Waals surface area contributed by atoms with Crippen molar-refractivity contribution in [3.8, 4) is 22.8 Å². The Bertz CT molecular complexity index is 1140. The van der Waals surface area contributed by atoms with Crippen LogP contribution in [0.5, 0.6) is 5.75 Å². The molecule has 2 N–H and O–H groups in total. The minimum atomic E-state index is -0.162. The monoisotopic (exact) mass is 416 g/mol. The minimum absolute atomic E-state index is 0.155. The third-order valence-electron chi connectivity index (χ3n) is 4.44. The third kappa shape index (κ3) is 4.52. The summed E-state index contributed by atoms with van der Waals surface area (Å²) in [6, 6.07) is 24.3.